The molecule has 0 spiro atoms. The highest BCUT2D eigenvalue weighted by Crippen LogP contribution is 2.33. The fourth-order valence-corrected chi connectivity index (χ4v) is 4.13. The van der Waals surface area contributed by atoms with Crippen LogP contribution in [0.4, 0.5) is 5.95 Å². The third-order valence-corrected chi connectivity index (χ3v) is 6.23. The number of halogens is 3. The summed E-state index contributed by atoms with van der Waals surface area (Å²) in [7, 11) is 0. The first-order valence-corrected chi connectivity index (χ1v) is 9.32. The minimum atomic E-state index is 0. The first-order chi connectivity index (χ1) is 11.7. The second kappa shape index (κ2) is 10.8. The Labute approximate surface area is 177 Å². The van der Waals surface area contributed by atoms with Gasteiger partial charge in [-0.15, -0.1) is 41.2 Å². The first kappa shape index (κ1) is 22.9. The molecule has 6 nitrogen and oxygen atoms in total. The Morgan fingerprint density at radius 1 is 1.35 bits per heavy atom. The zero-order valence-corrected chi connectivity index (χ0v) is 18.2. The van der Waals surface area contributed by atoms with E-state index in [1.165, 1.54) is 15.3 Å². The summed E-state index contributed by atoms with van der Waals surface area (Å²) in [4.78, 5) is 10.1. The summed E-state index contributed by atoms with van der Waals surface area (Å²) < 4.78 is 1.16. The molecule has 0 amide bonds. The van der Waals surface area contributed by atoms with Gasteiger partial charge >= 0.3 is 0 Å². The van der Waals surface area contributed by atoms with Crippen molar-refractivity contribution in [2.24, 2.45) is 0 Å². The van der Waals surface area contributed by atoms with E-state index >= 15 is 0 Å². The second-order valence-corrected chi connectivity index (χ2v) is 7.27. The number of aromatic nitrogens is 4. The number of hydrogen-bond acceptors (Lipinski definition) is 6. The molecule has 0 aliphatic carbocycles. The quantitative estimate of drug-likeness (QED) is 0.412. The number of H-pyrrole nitrogens is 1. The van der Waals surface area contributed by atoms with E-state index in [0.29, 0.717) is 5.65 Å². The average molecular weight is 480 g/mol. The number of fused-ring (bicyclic) bond motifs is 1. The van der Waals surface area contributed by atoms with Crippen molar-refractivity contribution in [2.75, 3.05) is 18.4 Å². The van der Waals surface area contributed by atoms with Crippen molar-refractivity contribution in [3.63, 3.8) is 0 Å². The Kier molecular flexibility index (Phi) is 9.52. The second-order valence-electron chi connectivity index (χ2n) is 5.34. The minimum absolute atomic E-state index is 0. The molecule has 3 N–H and O–H groups in total. The summed E-state index contributed by atoms with van der Waals surface area (Å²) in [6, 6.07) is 1.86. The van der Waals surface area contributed by atoms with Gasteiger partial charge in [0.2, 0.25) is 11.6 Å². The Hall–Kier alpha value is -1.19. The van der Waals surface area contributed by atoms with Gasteiger partial charge in [0, 0.05) is 27.3 Å². The van der Waals surface area contributed by atoms with Crippen LogP contribution < -0.4 is 10.6 Å². The summed E-state index contributed by atoms with van der Waals surface area (Å²) in [5.41, 5.74) is 2.82. The molecule has 0 saturated carbocycles. The van der Waals surface area contributed by atoms with Gasteiger partial charge in [0.25, 0.3) is 0 Å². The number of nitrogens with zero attached hydrogens (tertiary/aromatic N) is 3. The number of imidazole rings is 1. The predicted molar refractivity (Wildman–Crippen MR) is 118 cm³/mol. The van der Waals surface area contributed by atoms with Crippen LogP contribution in [0.3, 0.4) is 0 Å². The Balaban J connectivity index is 0.00000169. The van der Waals surface area contributed by atoms with Crippen molar-refractivity contribution in [2.45, 2.75) is 19.9 Å². The molecule has 0 fully saturated rings. The molecule has 0 radical (unpaired) electrons. The summed E-state index contributed by atoms with van der Waals surface area (Å²) >= 11 is 5.40. The molecular formula is C16H21BrCl2N6S. The van der Waals surface area contributed by atoms with Crippen LogP contribution in [0.2, 0.25) is 0 Å². The van der Waals surface area contributed by atoms with Crippen molar-refractivity contribution in [1.82, 2.24) is 25.5 Å². The van der Waals surface area contributed by atoms with Gasteiger partial charge in [0.05, 0.1) is 11.7 Å². The van der Waals surface area contributed by atoms with Crippen LogP contribution in [0.25, 0.3) is 17.2 Å². The van der Waals surface area contributed by atoms with Gasteiger partial charge in [-0.3, -0.25) is 0 Å². The molecule has 0 bridgehead atoms. The molecule has 3 rings (SSSR count). The van der Waals surface area contributed by atoms with Gasteiger partial charge in [-0.2, -0.15) is 10.1 Å². The zero-order chi connectivity index (χ0) is 16.9. The van der Waals surface area contributed by atoms with Gasteiger partial charge in [-0.05, 0) is 47.4 Å². The number of anilines is 1. The van der Waals surface area contributed by atoms with Crippen LogP contribution in [0.5, 0.6) is 0 Å². The SMILES string of the molecule is C=Cc1sc(CNCCCNc2nc3nnccc3[nH]2)c(C)c1Br.Cl.Cl. The van der Waals surface area contributed by atoms with Crippen LogP contribution in [0, 0.1) is 6.92 Å². The molecule has 3 heterocycles. The maximum absolute atomic E-state index is 4.34. The van der Waals surface area contributed by atoms with Gasteiger partial charge < -0.3 is 15.6 Å². The summed E-state index contributed by atoms with van der Waals surface area (Å²) in [5, 5.41) is 14.5. The molecule has 3 aromatic heterocycles. The van der Waals surface area contributed by atoms with Gasteiger partial charge in [-0.1, -0.05) is 12.7 Å². The normalized spacial score (nSPS) is 10.2. The van der Waals surface area contributed by atoms with Crippen LogP contribution in [-0.4, -0.2) is 33.3 Å². The lowest BCUT2D eigenvalue weighted by atomic mass is 10.2. The predicted octanol–water partition coefficient (Wildman–Crippen LogP) is 4.56. The van der Waals surface area contributed by atoms with Crippen LogP contribution in [0.1, 0.15) is 21.7 Å². The molecule has 3 aromatic rings. The largest absolute Gasteiger partial charge is 0.356 e. The number of thiophene rings is 1. The van der Waals surface area contributed by atoms with Gasteiger partial charge in [0.1, 0.15) is 0 Å². The Bertz CT molecular complexity index is 817. The molecule has 142 valence electrons. The number of hydrogen-bond donors (Lipinski definition) is 3. The maximum atomic E-state index is 4.34. The standard InChI is InChI=1S/C16H19BrN6S.2ClH/c1-3-12-14(17)10(2)13(24-12)9-18-6-4-7-19-16-21-11-5-8-20-23-15(11)22-16;;/h3,5,8,18H,1,4,6-7,9H2,2H3,(H2,19,21,22,23);2*1H. The monoisotopic (exact) mass is 478 g/mol. The highest BCUT2D eigenvalue weighted by Gasteiger charge is 2.10. The smallest absolute Gasteiger partial charge is 0.202 e. The number of nitrogens with one attached hydrogen (secondary N) is 3. The maximum Gasteiger partial charge on any atom is 0.202 e. The lowest BCUT2D eigenvalue weighted by molar-refractivity contribution is 0.666. The van der Waals surface area contributed by atoms with Crippen molar-refractivity contribution in [3.8, 4) is 0 Å². The van der Waals surface area contributed by atoms with Crippen LogP contribution in [-0.2, 0) is 6.54 Å². The molecule has 0 aliphatic heterocycles. The number of rotatable bonds is 8. The minimum Gasteiger partial charge on any atom is -0.356 e. The van der Waals surface area contributed by atoms with Crippen LogP contribution in [0.15, 0.2) is 23.3 Å². The molecule has 10 heteroatoms. The topological polar surface area (TPSA) is 78.5 Å². The van der Waals surface area contributed by atoms with Gasteiger partial charge in [0.15, 0.2) is 0 Å². The highest BCUT2D eigenvalue weighted by atomic mass is 79.9. The number of aromatic amines is 1. The Morgan fingerprint density at radius 2 is 2.15 bits per heavy atom. The van der Waals surface area contributed by atoms with Crippen LogP contribution >= 0.6 is 52.1 Å². The summed E-state index contributed by atoms with van der Waals surface area (Å²) in [6.07, 6.45) is 4.55. The lowest BCUT2D eigenvalue weighted by Gasteiger charge is -2.05. The van der Waals surface area contributed by atoms with Crippen molar-refractivity contribution in [3.05, 3.63) is 38.6 Å². The van der Waals surface area contributed by atoms with E-state index in [1.807, 2.05) is 12.1 Å². The Morgan fingerprint density at radius 3 is 2.85 bits per heavy atom. The highest BCUT2D eigenvalue weighted by molar-refractivity contribution is 9.10. The molecular weight excluding hydrogens is 459 g/mol. The third-order valence-electron chi connectivity index (χ3n) is 3.66. The molecule has 0 unspecified atom stereocenters. The summed E-state index contributed by atoms with van der Waals surface area (Å²) in [6.45, 7) is 8.63. The van der Waals surface area contributed by atoms with E-state index in [4.69, 9.17) is 0 Å². The fraction of sp³-hybridized carbons (Fsp3) is 0.312. The first-order valence-electron chi connectivity index (χ1n) is 7.71. The van der Waals surface area contributed by atoms with E-state index in [9.17, 15) is 0 Å². The van der Waals surface area contributed by atoms with E-state index in [2.05, 4.69) is 60.2 Å². The van der Waals surface area contributed by atoms with E-state index in [-0.39, 0.29) is 24.8 Å². The molecule has 0 atom stereocenters. The van der Waals surface area contributed by atoms with Crippen molar-refractivity contribution < 1.29 is 0 Å². The van der Waals surface area contributed by atoms with Crippen molar-refractivity contribution in [1.29, 1.82) is 0 Å². The molecule has 0 aliphatic rings. The average Bonchev–Trinajstić information content (AvgIpc) is 3.13. The van der Waals surface area contributed by atoms with Gasteiger partial charge in [-0.25, -0.2) is 0 Å². The fourth-order valence-electron chi connectivity index (χ4n) is 2.33. The zero-order valence-electron chi connectivity index (χ0n) is 14.2. The molecule has 0 saturated heterocycles. The third kappa shape index (κ3) is 5.40. The van der Waals surface area contributed by atoms with E-state index < -0.39 is 0 Å². The molecule has 0 aromatic carbocycles. The molecule has 26 heavy (non-hydrogen) atoms. The van der Waals surface area contributed by atoms with E-state index in [0.717, 1.165) is 42.0 Å². The van der Waals surface area contributed by atoms with E-state index in [1.54, 1.807) is 17.5 Å². The lowest BCUT2D eigenvalue weighted by Crippen LogP contribution is -2.17. The summed E-state index contributed by atoms with van der Waals surface area (Å²) in [5.74, 6) is 0.735. The van der Waals surface area contributed by atoms with Crippen molar-refractivity contribution >= 4 is 75.3 Å².